The highest BCUT2D eigenvalue weighted by Crippen LogP contribution is 2.37. The van der Waals surface area contributed by atoms with Crippen LogP contribution in [0.4, 0.5) is 5.69 Å². The molecule has 0 spiro atoms. The van der Waals surface area contributed by atoms with Crippen molar-refractivity contribution in [3.05, 3.63) is 47.0 Å². The molecule has 5 heteroatoms. The standard InChI is InChI=1S/C16H18ClNO2S/c1-19-13-9-8-11(15(17)16(13)20-2)10-18-12-6-4-5-7-14(12)21-3/h4-9,18H,10H2,1-3H3. The summed E-state index contributed by atoms with van der Waals surface area (Å²) >= 11 is 8.09. The zero-order valence-corrected chi connectivity index (χ0v) is 13.8. The van der Waals surface area contributed by atoms with Crippen molar-refractivity contribution in [3.8, 4) is 11.5 Å². The number of halogens is 1. The van der Waals surface area contributed by atoms with Crippen LogP contribution < -0.4 is 14.8 Å². The molecule has 2 aromatic rings. The molecule has 21 heavy (non-hydrogen) atoms. The van der Waals surface area contributed by atoms with Crippen molar-refractivity contribution in [2.45, 2.75) is 11.4 Å². The third kappa shape index (κ3) is 3.57. The Labute approximate surface area is 134 Å². The Kier molecular flexibility index (Phi) is 5.65. The van der Waals surface area contributed by atoms with Gasteiger partial charge in [0.15, 0.2) is 11.5 Å². The number of nitrogens with one attached hydrogen (secondary N) is 1. The molecule has 2 aromatic carbocycles. The number of thioether (sulfide) groups is 1. The van der Waals surface area contributed by atoms with Crippen molar-refractivity contribution >= 4 is 29.1 Å². The quantitative estimate of drug-likeness (QED) is 0.781. The van der Waals surface area contributed by atoms with Crippen molar-refractivity contribution < 1.29 is 9.47 Å². The molecule has 0 saturated heterocycles. The SMILES string of the molecule is COc1ccc(CNc2ccccc2SC)c(Cl)c1OC. The van der Waals surface area contributed by atoms with E-state index < -0.39 is 0 Å². The summed E-state index contributed by atoms with van der Waals surface area (Å²) in [7, 11) is 3.19. The van der Waals surface area contributed by atoms with Crippen LogP contribution in [0.5, 0.6) is 11.5 Å². The molecule has 1 N–H and O–H groups in total. The molecule has 0 aliphatic heterocycles. The average molecular weight is 324 g/mol. The third-order valence-electron chi connectivity index (χ3n) is 3.14. The predicted octanol–water partition coefficient (Wildman–Crippen LogP) is 4.69. The second-order valence-corrected chi connectivity index (χ2v) is 5.55. The van der Waals surface area contributed by atoms with Gasteiger partial charge in [-0.25, -0.2) is 0 Å². The lowest BCUT2D eigenvalue weighted by Gasteiger charge is -2.15. The first-order valence-corrected chi connectivity index (χ1v) is 8.07. The Hall–Kier alpha value is -1.52. The number of hydrogen-bond acceptors (Lipinski definition) is 4. The fourth-order valence-corrected chi connectivity index (χ4v) is 2.92. The number of benzene rings is 2. The monoisotopic (exact) mass is 323 g/mol. The van der Waals surface area contributed by atoms with E-state index in [9.17, 15) is 0 Å². The van der Waals surface area contributed by atoms with Gasteiger partial charge in [0.1, 0.15) is 0 Å². The van der Waals surface area contributed by atoms with Crippen molar-refractivity contribution in [3.63, 3.8) is 0 Å². The summed E-state index contributed by atoms with van der Waals surface area (Å²) in [6.45, 7) is 0.622. The first-order valence-electron chi connectivity index (χ1n) is 6.47. The largest absolute Gasteiger partial charge is 0.493 e. The maximum absolute atomic E-state index is 6.38. The van der Waals surface area contributed by atoms with Gasteiger partial charge in [0.2, 0.25) is 0 Å². The Morgan fingerprint density at radius 3 is 2.52 bits per heavy atom. The Morgan fingerprint density at radius 1 is 1.10 bits per heavy atom. The fraction of sp³-hybridized carbons (Fsp3) is 0.250. The molecule has 0 saturated carbocycles. The first kappa shape index (κ1) is 15.9. The van der Waals surface area contributed by atoms with Crippen LogP contribution in [0.25, 0.3) is 0 Å². The number of ether oxygens (including phenoxy) is 2. The van der Waals surface area contributed by atoms with Gasteiger partial charge in [-0.3, -0.25) is 0 Å². The van der Waals surface area contributed by atoms with E-state index in [1.54, 1.807) is 26.0 Å². The van der Waals surface area contributed by atoms with Gasteiger partial charge in [0, 0.05) is 17.1 Å². The van der Waals surface area contributed by atoms with Crippen LogP contribution in [-0.4, -0.2) is 20.5 Å². The molecule has 0 unspecified atom stereocenters. The minimum absolute atomic E-state index is 0.566. The maximum atomic E-state index is 6.38. The molecule has 0 atom stereocenters. The lowest BCUT2D eigenvalue weighted by Crippen LogP contribution is -2.02. The molecular weight excluding hydrogens is 306 g/mol. The van der Waals surface area contributed by atoms with E-state index in [4.69, 9.17) is 21.1 Å². The summed E-state index contributed by atoms with van der Waals surface area (Å²) in [5.41, 5.74) is 2.06. The molecule has 0 aromatic heterocycles. The summed E-state index contributed by atoms with van der Waals surface area (Å²) in [5, 5.41) is 3.98. The van der Waals surface area contributed by atoms with Crippen LogP contribution in [0.1, 0.15) is 5.56 Å². The molecule has 0 fully saturated rings. The minimum Gasteiger partial charge on any atom is -0.493 e. The Balaban J connectivity index is 2.20. The van der Waals surface area contributed by atoms with Gasteiger partial charge >= 0.3 is 0 Å². The minimum atomic E-state index is 0.566. The number of para-hydroxylation sites is 1. The van der Waals surface area contributed by atoms with Gasteiger partial charge < -0.3 is 14.8 Å². The lowest BCUT2D eigenvalue weighted by molar-refractivity contribution is 0.355. The van der Waals surface area contributed by atoms with E-state index in [2.05, 4.69) is 23.7 Å². The molecule has 0 heterocycles. The average Bonchev–Trinajstić information content (AvgIpc) is 2.53. The molecular formula is C16H18ClNO2S. The molecule has 0 aliphatic carbocycles. The highest BCUT2D eigenvalue weighted by atomic mass is 35.5. The lowest BCUT2D eigenvalue weighted by atomic mass is 10.2. The molecule has 0 aliphatic rings. The smallest absolute Gasteiger partial charge is 0.179 e. The second-order valence-electron chi connectivity index (χ2n) is 4.33. The van der Waals surface area contributed by atoms with Crippen molar-refractivity contribution in [1.29, 1.82) is 0 Å². The molecule has 0 radical (unpaired) electrons. The molecule has 112 valence electrons. The molecule has 0 amide bonds. The first-order chi connectivity index (χ1) is 10.2. The summed E-state index contributed by atoms with van der Waals surface area (Å²) in [5.74, 6) is 1.20. The number of anilines is 1. The van der Waals surface area contributed by atoms with E-state index in [1.165, 1.54) is 4.90 Å². The summed E-state index contributed by atoms with van der Waals surface area (Å²) in [6.07, 6.45) is 2.06. The van der Waals surface area contributed by atoms with Crippen LogP contribution in [-0.2, 0) is 6.54 Å². The van der Waals surface area contributed by atoms with Crippen LogP contribution in [0.2, 0.25) is 5.02 Å². The van der Waals surface area contributed by atoms with E-state index in [1.807, 2.05) is 24.3 Å². The van der Waals surface area contributed by atoms with Gasteiger partial charge in [-0.1, -0.05) is 29.8 Å². The molecule has 0 bridgehead atoms. The fourth-order valence-electron chi connectivity index (χ4n) is 2.05. The highest BCUT2D eigenvalue weighted by Gasteiger charge is 2.13. The van der Waals surface area contributed by atoms with E-state index in [0.29, 0.717) is 23.1 Å². The molecule has 2 rings (SSSR count). The van der Waals surface area contributed by atoms with Gasteiger partial charge in [0.25, 0.3) is 0 Å². The maximum Gasteiger partial charge on any atom is 0.179 e. The number of methoxy groups -OCH3 is 2. The summed E-state index contributed by atoms with van der Waals surface area (Å²) in [4.78, 5) is 1.20. The van der Waals surface area contributed by atoms with Gasteiger partial charge in [0.05, 0.1) is 19.2 Å². The van der Waals surface area contributed by atoms with Crippen LogP contribution in [0.15, 0.2) is 41.3 Å². The number of hydrogen-bond donors (Lipinski definition) is 1. The summed E-state index contributed by atoms with van der Waals surface area (Å²) in [6, 6.07) is 12.0. The molecule has 3 nitrogen and oxygen atoms in total. The zero-order chi connectivity index (χ0) is 15.2. The van der Waals surface area contributed by atoms with Crippen LogP contribution in [0.3, 0.4) is 0 Å². The van der Waals surface area contributed by atoms with Gasteiger partial charge in [-0.2, -0.15) is 0 Å². The second kappa shape index (κ2) is 7.48. The summed E-state index contributed by atoms with van der Waals surface area (Å²) < 4.78 is 10.6. The predicted molar refractivity (Wildman–Crippen MR) is 90.1 cm³/mol. The topological polar surface area (TPSA) is 30.5 Å². The number of rotatable bonds is 6. The van der Waals surface area contributed by atoms with Crippen LogP contribution >= 0.6 is 23.4 Å². The third-order valence-corrected chi connectivity index (χ3v) is 4.35. The van der Waals surface area contributed by atoms with E-state index in [-0.39, 0.29) is 0 Å². The van der Waals surface area contributed by atoms with Crippen molar-refractivity contribution in [2.75, 3.05) is 25.8 Å². The van der Waals surface area contributed by atoms with Gasteiger partial charge in [-0.05, 0) is 30.0 Å². The zero-order valence-electron chi connectivity index (χ0n) is 12.3. The van der Waals surface area contributed by atoms with E-state index >= 15 is 0 Å². The van der Waals surface area contributed by atoms with Crippen molar-refractivity contribution in [1.82, 2.24) is 0 Å². The highest BCUT2D eigenvalue weighted by molar-refractivity contribution is 7.98. The Bertz CT molecular complexity index is 619. The van der Waals surface area contributed by atoms with Crippen LogP contribution in [0, 0.1) is 0 Å². The Morgan fingerprint density at radius 2 is 1.86 bits per heavy atom. The van der Waals surface area contributed by atoms with Crippen molar-refractivity contribution in [2.24, 2.45) is 0 Å². The van der Waals surface area contributed by atoms with Gasteiger partial charge in [-0.15, -0.1) is 11.8 Å². The normalized spacial score (nSPS) is 10.3. The van der Waals surface area contributed by atoms with E-state index in [0.717, 1.165) is 11.3 Å².